The number of fused-ring (bicyclic) bond motifs is 1. The Bertz CT molecular complexity index is 1210. The molecule has 0 fully saturated rings. The quantitative estimate of drug-likeness (QED) is 0.395. The molecule has 0 aliphatic heterocycles. The largest absolute Gasteiger partial charge is 0.487 e. The van der Waals surface area contributed by atoms with Gasteiger partial charge in [-0.25, -0.2) is 4.98 Å². The third-order valence-corrected chi connectivity index (χ3v) is 5.94. The summed E-state index contributed by atoms with van der Waals surface area (Å²) in [5.41, 5.74) is 5.34. The highest BCUT2D eigenvalue weighted by atomic mass is 32.1. The minimum atomic E-state index is -0.880. The molecule has 0 radical (unpaired) electrons. The van der Waals surface area contributed by atoms with E-state index in [0.29, 0.717) is 12.2 Å². The fraction of sp³-hybridized carbons (Fsp3) is 0.160. The third kappa shape index (κ3) is 4.98. The molecule has 2 aromatic carbocycles. The number of nitrogens with zero attached hydrogens (tertiary/aromatic N) is 2. The minimum absolute atomic E-state index is 0.0875. The van der Waals surface area contributed by atoms with Crippen LogP contribution in [-0.2, 0) is 11.4 Å². The summed E-state index contributed by atoms with van der Waals surface area (Å²) >= 11 is 1.51. The van der Waals surface area contributed by atoms with Crippen molar-refractivity contribution in [1.29, 1.82) is 0 Å². The second kappa shape index (κ2) is 9.10. The van der Waals surface area contributed by atoms with Crippen LogP contribution in [0.1, 0.15) is 33.8 Å². The van der Waals surface area contributed by atoms with Crippen molar-refractivity contribution in [2.75, 3.05) is 0 Å². The van der Waals surface area contributed by atoms with Crippen molar-refractivity contribution >= 4 is 39.2 Å². The van der Waals surface area contributed by atoms with Gasteiger partial charge in [0, 0.05) is 6.20 Å². The molecule has 6 heteroatoms. The van der Waals surface area contributed by atoms with Gasteiger partial charge in [-0.1, -0.05) is 18.2 Å². The average Bonchev–Trinajstić information content (AvgIpc) is 3.17. The van der Waals surface area contributed by atoms with Crippen LogP contribution in [0.25, 0.3) is 21.9 Å². The molecule has 0 aliphatic rings. The third-order valence-electron chi connectivity index (χ3n) is 4.82. The van der Waals surface area contributed by atoms with E-state index in [1.165, 1.54) is 11.3 Å². The molecule has 1 N–H and O–H groups in total. The summed E-state index contributed by atoms with van der Waals surface area (Å²) < 4.78 is 7.06. The Kier molecular flexibility index (Phi) is 6.09. The molecule has 0 aliphatic carbocycles. The number of hydrogen-bond acceptors (Lipinski definition) is 5. The van der Waals surface area contributed by atoms with Crippen molar-refractivity contribution in [1.82, 2.24) is 9.97 Å². The second-order valence-electron chi connectivity index (χ2n) is 7.32. The maximum absolute atomic E-state index is 11.5. The molecule has 0 unspecified atom stereocenters. The maximum atomic E-state index is 11.5. The van der Waals surface area contributed by atoms with E-state index in [1.807, 2.05) is 74.5 Å². The Hall–Kier alpha value is -3.51. The highest BCUT2D eigenvalue weighted by Crippen LogP contribution is 2.32. The van der Waals surface area contributed by atoms with Crippen LogP contribution in [0.5, 0.6) is 5.75 Å². The van der Waals surface area contributed by atoms with E-state index in [4.69, 9.17) is 4.74 Å². The van der Waals surface area contributed by atoms with Gasteiger partial charge >= 0.3 is 5.97 Å². The first-order chi connectivity index (χ1) is 15.0. The number of thiazole rings is 1. The molecule has 0 bridgehead atoms. The van der Waals surface area contributed by atoms with Crippen LogP contribution < -0.4 is 4.74 Å². The molecule has 4 rings (SSSR count). The minimum Gasteiger partial charge on any atom is -0.487 e. The first-order valence-corrected chi connectivity index (χ1v) is 10.7. The summed E-state index contributed by atoms with van der Waals surface area (Å²) in [6.07, 6.45) is 3.57. The van der Waals surface area contributed by atoms with Crippen molar-refractivity contribution < 1.29 is 14.6 Å². The summed E-state index contributed by atoms with van der Waals surface area (Å²) in [7, 11) is 0. The summed E-state index contributed by atoms with van der Waals surface area (Å²) in [6, 6.07) is 17.6. The van der Waals surface area contributed by atoms with E-state index in [9.17, 15) is 9.90 Å². The highest BCUT2D eigenvalue weighted by molar-refractivity contribution is 7.19. The standard InChI is InChI=1S/C25H22N2O3S/c1-16-11-18(12-17(2)24(16)30-15-20-7-5-6-10-26-20)13-19(14-23(28)29)25-27-21-8-3-4-9-22(21)31-25/h3-13H,14-15H2,1-2H3,(H,28,29)/b19-13-. The molecular formula is C25H22N2O3S. The van der Waals surface area contributed by atoms with Crippen LogP contribution in [0.2, 0.25) is 0 Å². The molecule has 2 aromatic heterocycles. The van der Waals surface area contributed by atoms with Crippen LogP contribution in [0.4, 0.5) is 0 Å². The molecule has 0 amide bonds. The zero-order chi connectivity index (χ0) is 21.8. The number of aliphatic carboxylic acids is 1. The first kappa shape index (κ1) is 20.8. The summed E-state index contributed by atoms with van der Waals surface area (Å²) in [5.74, 6) is -0.0585. The average molecular weight is 431 g/mol. The number of benzene rings is 2. The number of carboxylic acids is 1. The number of carboxylic acid groups (broad SMARTS) is 1. The highest BCUT2D eigenvalue weighted by Gasteiger charge is 2.14. The predicted octanol–water partition coefficient (Wildman–Crippen LogP) is 5.90. The zero-order valence-corrected chi connectivity index (χ0v) is 18.1. The number of carbonyl (C=O) groups is 1. The molecule has 156 valence electrons. The van der Waals surface area contributed by atoms with Crippen molar-refractivity contribution in [2.24, 2.45) is 0 Å². The summed E-state index contributed by atoms with van der Waals surface area (Å²) in [6.45, 7) is 4.38. The van der Waals surface area contributed by atoms with Crippen LogP contribution in [-0.4, -0.2) is 21.0 Å². The van der Waals surface area contributed by atoms with E-state index in [1.54, 1.807) is 6.20 Å². The van der Waals surface area contributed by atoms with Crippen LogP contribution >= 0.6 is 11.3 Å². The lowest BCUT2D eigenvalue weighted by atomic mass is 10.0. The van der Waals surface area contributed by atoms with Crippen LogP contribution in [0.3, 0.4) is 0 Å². The van der Waals surface area contributed by atoms with Gasteiger partial charge in [0.25, 0.3) is 0 Å². The number of aryl methyl sites for hydroxylation is 2. The fourth-order valence-electron chi connectivity index (χ4n) is 3.49. The van der Waals surface area contributed by atoms with Crippen molar-refractivity contribution in [3.63, 3.8) is 0 Å². The molecule has 0 atom stereocenters. The van der Waals surface area contributed by atoms with Gasteiger partial charge in [-0.05, 0) is 78.6 Å². The maximum Gasteiger partial charge on any atom is 0.307 e. The van der Waals surface area contributed by atoms with E-state index >= 15 is 0 Å². The zero-order valence-electron chi connectivity index (χ0n) is 17.3. The number of hydrogen-bond donors (Lipinski definition) is 1. The molecule has 0 spiro atoms. The van der Waals surface area contributed by atoms with Crippen molar-refractivity contribution in [3.05, 3.63) is 88.2 Å². The Labute approximate surface area is 184 Å². The van der Waals surface area contributed by atoms with Gasteiger partial charge < -0.3 is 9.84 Å². The van der Waals surface area contributed by atoms with Crippen LogP contribution in [0.15, 0.2) is 60.8 Å². The van der Waals surface area contributed by atoms with Crippen molar-refractivity contribution in [3.8, 4) is 5.75 Å². The van der Waals surface area contributed by atoms with E-state index in [0.717, 1.165) is 43.4 Å². The molecule has 0 saturated heterocycles. The van der Waals surface area contributed by atoms with Crippen LogP contribution in [0, 0.1) is 13.8 Å². The topological polar surface area (TPSA) is 72.3 Å². The molecule has 2 heterocycles. The second-order valence-corrected chi connectivity index (χ2v) is 8.35. The molecule has 31 heavy (non-hydrogen) atoms. The molecule has 0 saturated carbocycles. The van der Waals surface area contributed by atoms with E-state index in [2.05, 4.69) is 9.97 Å². The number of pyridine rings is 1. The fourth-order valence-corrected chi connectivity index (χ4v) is 4.47. The SMILES string of the molecule is Cc1cc(/C=C(/CC(=O)O)c2nc3ccccc3s2)cc(C)c1OCc1ccccn1. The summed E-state index contributed by atoms with van der Waals surface area (Å²) in [4.78, 5) is 20.4. The van der Waals surface area contributed by atoms with Gasteiger partial charge in [0.2, 0.25) is 0 Å². The Balaban J connectivity index is 1.65. The summed E-state index contributed by atoms with van der Waals surface area (Å²) in [5, 5.41) is 10.2. The Morgan fingerprint density at radius 3 is 2.52 bits per heavy atom. The molecule has 5 nitrogen and oxygen atoms in total. The Morgan fingerprint density at radius 1 is 1.10 bits per heavy atom. The monoisotopic (exact) mass is 430 g/mol. The van der Waals surface area contributed by atoms with Gasteiger partial charge in [-0.3, -0.25) is 9.78 Å². The van der Waals surface area contributed by atoms with Gasteiger partial charge in [0.1, 0.15) is 17.4 Å². The predicted molar refractivity (Wildman–Crippen MR) is 124 cm³/mol. The van der Waals surface area contributed by atoms with Gasteiger partial charge in [0.15, 0.2) is 0 Å². The normalized spacial score (nSPS) is 11.6. The lowest BCUT2D eigenvalue weighted by Crippen LogP contribution is -2.01. The molecular weight excluding hydrogens is 408 g/mol. The number of aromatic nitrogens is 2. The van der Waals surface area contributed by atoms with Crippen molar-refractivity contribution in [2.45, 2.75) is 26.9 Å². The van der Waals surface area contributed by atoms with Gasteiger partial charge in [0.05, 0.1) is 22.3 Å². The number of para-hydroxylation sites is 1. The molecule has 4 aromatic rings. The van der Waals surface area contributed by atoms with Gasteiger partial charge in [-0.15, -0.1) is 11.3 Å². The lowest BCUT2D eigenvalue weighted by Gasteiger charge is -2.13. The van der Waals surface area contributed by atoms with Gasteiger partial charge in [-0.2, -0.15) is 0 Å². The Morgan fingerprint density at radius 2 is 1.84 bits per heavy atom. The number of ether oxygens (including phenoxy) is 1. The number of rotatable bonds is 7. The van der Waals surface area contributed by atoms with E-state index in [-0.39, 0.29) is 6.42 Å². The van der Waals surface area contributed by atoms with E-state index < -0.39 is 5.97 Å². The first-order valence-electron chi connectivity index (χ1n) is 9.92. The lowest BCUT2D eigenvalue weighted by molar-refractivity contribution is -0.135. The smallest absolute Gasteiger partial charge is 0.307 e.